The number of nitrogens with one attached hydrogen (secondary N) is 1. The molecule has 0 amide bonds. The van der Waals surface area contributed by atoms with Gasteiger partial charge in [0, 0.05) is 56.0 Å². The van der Waals surface area contributed by atoms with Gasteiger partial charge in [0.1, 0.15) is 23.9 Å². The van der Waals surface area contributed by atoms with Gasteiger partial charge in [0.25, 0.3) is 0 Å². The van der Waals surface area contributed by atoms with Crippen LogP contribution in [0.5, 0.6) is 5.75 Å². The number of anilines is 3. The first-order chi connectivity index (χ1) is 19.1. The van der Waals surface area contributed by atoms with E-state index in [0.717, 1.165) is 45.1 Å². The lowest BCUT2D eigenvalue weighted by Gasteiger charge is -2.43. The Kier molecular flexibility index (Phi) is 7.34. The van der Waals surface area contributed by atoms with Crippen molar-refractivity contribution in [3.05, 3.63) is 54.4 Å². The van der Waals surface area contributed by atoms with Crippen molar-refractivity contribution in [1.82, 2.24) is 19.9 Å². The topological polar surface area (TPSA) is 116 Å². The maximum absolute atomic E-state index is 11.5. The number of benzene rings is 2. The Morgan fingerprint density at radius 2 is 1.77 bits per heavy atom. The Morgan fingerprint density at radius 1 is 1.00 bits per heavy atom. The monoisotopic (exact) mass is 525 g/mol. The van der Waals surface area contributed by atoms with Crippen LogP contribution in [0.2, 0.25) is 0 Å². The Labute approximate surface area is 227 Å². The molecule has 2 aromatic carbocycles. The summed E-state index contributed by atoms with van der Waals surface area (Å²) in [4.78, 5) is 29.6. The highest BCUT2D eigenvalue weighted by Crippen LogP contribution is 2.29. The number of nitrogens with zero attached hydrogens (tertiary/aromatic N) is 6. The molecule has 3 aliphatic rings. The van der Waals surface area contributed by atoms with Gasteiger partial charge in [0.15, 0.2) is 5.82 Å². The van der Waals surface area contributed by atoms with Gasteiger partial charge in [0.2, 0.25) is 5.95 Å². The Hall–Kier alpha value is -4.07. The summed E-state index contributed by atoms with van der Waals surface area (Å²) in [7, 11) is 0. The van der Waals surface area contributed by atoms with E-state index in [1.165, 1.54) is 12.0 Å². The zero-order valence-electron chi connectivity index (χ0n) is 21.8. The summed E-state index contributed by atoms with van der Waals surface area (Å²) in [6, 6.07) is 16.5. The predicted octanol–water partition coefficient (Wildman–Crippen LogP) is 3.57. The van der Waals surface area contributed by atoms with Crippen LogP contribution in [-0.2, 0) is 9.53 Å². The number of carbonyl (C=O) groups is 1. The fraction of sp³-hybridized carbons (Fsp3) is 0.414. The fourth-order valence-electron chi connectivity index (χ4n) is 5.23. The van der Waals surface area contributed by atoms with Gasteiger partial charge >= 0.3 is 0 Å². The standard InChI is InChI=1S/C29H31N7O3/c30-16-21-15-20(1-10-27(21)39-26-8-6-25(37)7-9-26)28-31-19-32-29(34-28)33-22-2-4-23(5-3-22)35-11-13-36(14-12-35)24-17-38-18-24/h1-5,10,15,19,24,26H,6-9,11-14,17-18H2,(H,31,32,33,34). The van der Waals surface area contributed by atoms with Crippen LogP contribution in [0.15, 0.2) is 48.8 Å². The van der Waals surface area contributed by atoms with Crippen molar-refractivity contribution in [3.63, 3.8) is 0 Å². The molecule has 1 saturated carbocycles. The molecule has 0 bridgehead atoms. The lowest BCUT2D eigenvalue weighted by molar-refractivity contribution is -0.121. The fourth-order valence-corrected chi connectivity index (χ4v) is 5.23. The summed E-state index contributed by atoms with van der Waals surface area (Å²) in [6.45, 7) is 5.86. The first-order valence-corrected chi connectivity index (χ1v) is 13.5. The molecule has 200 valence electrons. The Bertz CT molecular complexity index is 1350. The van der Waals surface area contributed by atoms with Gasteiger partial charge in [-0.15, -0.1) is 0 Å². The van der Waals surface area contributed by atoms with E-state index in [-0.39, 0.29) is 11.9 Å². The maximum atomic E-state index is 11.5. The van der Waals surface area contributed by atoms with Crippen molar-refractivity contribution in [2.24, 2.45) is 0 Å². The molecule has 0 unspecified atom stereocenters. The molecule has 10 heteroatoms. The van der Waals surface area contributed by atoms with Crippen molar-refractivity contribution in [1.29, 1.82) is 5.26 Å². The molecule has 1 N–H and O–H groups in total. The van der Waals surface area contributed by atoms with Gasteiger partial charge < -0.3 is 19.7 Å². The van der Waals surface area contributed by atoms with Crippen LogP contribution in [-0.4, -0.2) is 77.2 Å². The van der Waals surface area contributed by atoms with Crippen LogP contribution in [0.25, 0.3) is 11.4 Å². The number of aromatic nitrogens is 3. The number of nitriles is 1. The molecule has 3 aromatic rings. The summed E-state index contributed by atoms with van der Waals surface area (Å²) >= 11 is 0. The summed E-state index contributed by atoms with van der Waals surface area (Å²) in [5, 5.41) is 13.0. The Balaban J connectivity index is 1.09. The quantitative estimate of drug-likeness (QED) is 0.491. The molecular weight excluding hydrogens is 494 g/mol. The third-order valence-electron chi connectivity index (χ3n) is 7.65. The van der Waals surface area contributed by atoms with Gasteiger partial charge in [-0.05, 0) is 55.3 Å². The molecular formula is C29H31N7O3. The normalized spacial score (nSPS) is 18.8. The minimum atomic E-state index is -0.0490. The van der Waals surface area contributed by atoms with Gasteiger partial charge in [0.05, 0.1) is 30.9 Å². The molecule has 3 fully saturated rings. The summed E-state index contributed by atoms with van der Waals surface area (Å²) in [5.41, 5.74) is 3.20. The number of rotatable bonds is 7. The van der Waals surface area contributed by atoms with Crippen LogP contribution >= 0.6 is 0 Å². The predicted molar refractivity (Wildman–Crippen MR) is 146 cm³/mol. The highest BCUT2D eigenvalue weighted by molar-refractivity contribution is 5.79. The van der Waals surface area contributed by atoms with E-state index >= 15 is 0 Å². The first-order valence-electron chi connectivity index (χ1n) is 13.5. The van der Waals surface area contributed by atoms with Crippen LogP contribution in [0.1, 0.15) is 31.2 Å². The molecule has 0 radical (unpaired) electrons. The summed E-state index contributed by atoms with van der Waals surface area (Å²) < 4.78 is 11.4. The zero-order valence-corrected chi connectivity index (χ0v) is 21.8. The molecule has 0 atom stereocenters. The van der Waals surface area contributed by atoms with Gasteiger partial charge in [-0.3, -0.25) is 9.69 Å². The largest absolute Gasteiger partial charge is 0.489 e. The molecule has 0 spiro atoms. The van der Waals surface area contributed by atoms with E-state index in [0.29, 0.717) is 60.4 Å². The number of ketones is 1. The molecule has 39 heavy (non-hydrogen) atoms. The lowest BCUT2D eigenvalue weighted by Crippen LogP contribution is -2.56. The average molecular weight is 526 g/mol. The highest BCUT2D eigenvalue weighted by atomic mass is 16.5. The highest BCUT2D eigenvalue weighted by Gasteiger charge is 2.29. The zero-order chi connectivity index (χ0) is 26.6. The van der Waals surface area contributed by atoms with Gasteiger partial charge in [-0.1, -0.05) is 0 Å². The van der Waals surface area contributed by atoms with Crippen LogP contribution in [0.3, 0.4) is 0 Å². The molecule has 2 saturated heterocycles. The second-order valence-corrected chi connectivity index (χ2v) is 10.2. The third kappa shape index (κ3) is 5.85. The van der Waals surface area contributed by atoms with Crippen molar-refractivity contribution in [2.45, 2.75) is 37.8 Å². The smallest absolute Gasteiger partial charge is 0.230 e. The van der Waals surface area contributed by atoms with E-state index in [1.807, 2.05) is 18.2 Å². The van der Waals surface area contributed by atoms with Crippen molar-refractivity contribution >= 4 is 23.1 Å². The summed E-state index contributed by atoms with van der Waals surface area (Å²) in [6.07, 6.45) is 3.83. The molecule has 10 nitrogen and oxygen atoms in total. The molecule has 6 rings (SSSR count). The van der Waals surface area contributed by atoms with E-state index in [4.69, 9.17) is 9.47 Å². The van der Waals surface area contributed by atoms with E-state index in [2.05, 4.69) is 48.3 Å². The van der Waals surface area contributed by atoms with Crippen molar-refractivity contribution in [3.8, 4) is 23.2 Å². The van der Waals surface area contributed by atoms with Crippen molar-refractivity contribution < 1.29 is 14.3 Å². The Morgan fingerprint density at radius 3 is 2.46 bits per heavy atom. The number of piperazine rings is 1. The molecule has 2 aliphatic heterocycles. The van der Waals surface area contributed by atoms with Crippen LogP contribution < -0.4 is 15.0 Å². The number of Topliss-reactive ketones (excluding diaryl/α,β-unsaturated/α-hetero) is 1. The van der Waals surface area contributed by atoms with E-state index < -0.39 is 0 Å². The maximum Gasteiger partial charge on any atom is 0.230 e. The van der Waals surface area contributed by atoms with Gasteiger partial charge in [-0.25, -0.2) is 9.97 Å². The second kappa shape index (κ2) is 11.4. The van der Waals surface area contributed by atoms with Crippen molar-refractivity contribution in [2.75, 3.05) is 49.6 Å². The number of hydrogen-bond donors (Lipinski definition) is 1. The minimum Gasteiger partial charge on any atom is -0.489 e. The molecule has 3 heterocycles. The van der Waals surface area contributed by atoms with Crippen LogP contribution in [0, 0.1) is 11.3 Å². The third-order valence-corrected chi connectivity index (χ3v) is 7.65. The molecule has 1 aliphatic carbocycles. The van der Waals surface area contributed by atoms with Gasteiger partial charge in [-0.2, -0.15) is 10.2 Å². The minimum absolute atomic E-state index is 0.0490. The SMILES string of the molecule is N#Cc1cc(-c2ncnc(Nc3ccc(N4CCN(C5COC5)CC4)cc3)n2)ccc1OC1CCC(=O)CC1. The number of hydrogen-bond acceptors (Lipinski definition) is 10. The van der Waals surface area contributed by atoms with E-state index in [1.54, 1.807) is 12.1 Å². The number of carbonyl (C=O) groups excluding carboxylic acids is 1. The van der Waals surface area contributed by atoms with E-state index in [9.17, 15) is 10.1 Å². The summed E-state index contributed by atoms with van der Waals surface area (Å²) in [5.74, 6) is 1.68. The second-order valence-electron chi connectivity index (χ2n) is 10.2. The molecule has 1 aromatic heterocycles. The van der Waals surface area contributed by atoms with Crippen LogP contribution in [0.4, 0.5) is 17.3 Å². The number of ether oxygens (including phenoxy) is 2. The first kappa shape index (κ1) is 25.2. The average Bonchev–Trinajstić information content (AvgIpc) is 2.95. The lowest BCUT2D eigenvalue weighted by atomic mass is 9.96.